The van der Waals surface area contributed by atoms with Crippen molar-refractivity contribution in [2.24, 2.45) is 0 Å². The standard InChI is InChI=1S/C16H20N2O5/c1-16(2,3)23-15(21)10-7-8-13(17-9-10)22-11-5-4-6-12(19)18-14(11)20/h7-9,11H,4-6H2,1-3H3,(H,18,19,20). The first-order chi connectivity index (χ1) is 10.7. The van der Waals surface area contributed by atoms with Crippen LogP contribution in [0.3, 0.4) is 0 Å². The molecular weight excluding hydrogens is 300 g/mol. The molecule has 0 radical (unpaired) electrons. The van der Waals surface area contributed by atoms with E-state index in [1.807, 2.05) is 0 Å². The highest BCUT2D eigenvalue weighted by molar-refractivity contribution is 5.98. The van der Waals surface area contributed by atoms with Crippen molar-refractivity contribution in [2.75, 3.05) is 0 Å². The molecule has 1 aromatic heterocycles. The smallest absolute Gasteiger partial charge is 0.340 e. The van der Waals surface area contributed by atoms with Crippen molar-refractivity contribution in [3.63, 3.8) is 0 Å². The van der Waals surface area contributed by atoms with Crippen LogP contribution in [0.15, 0.2) is 18.3 Å². The van der Waals surface area contributed by atoms with Crippen LogP contribution in [0.4, 0.5) is 0 Å². The maximum atomic E-state index is 11.9. The lowest BCUT2D eigenvalue weighted by Gasteiger charge is -2.19. The van der Waals surface area contributed by atoms with Gasteiger partial charge in [-0.15, -0.1) is 0 Å². The number of pyridine rings is 1. The zero-order chi connectivity index (χ0) is 17.0. The Morgan fingerprint density at radius 1 is 1.30 bits per heavy atom. The number of ether oxygens (including phenoxy) is 2. The Balaban J connectivity index is 2.01. The molecule has 0 spiro atoms. The van der Waals surface area contributed by atoms with E-state index < -0.39 is 23.6 Å². The van der Waals surface area contributed by atoms with Gasteiger partial charge in [0.1, 0.15) is 5.60 Å². The van der Waals surface area contributed by atoms with Crippen LogP contribution in [-0.4, -0.2) is 34.5 Å². The third-order valence-electron chi connectivity index (χ3n) is 3.06. The second-order valence-electron chi connectivity index (χ2n) is 6.30. The zero-order valence-electron chi connectivity index (χ0n) is 13.4. The van der Waals surface area contributed by atoms with Gasteiger partial charge in [-0.05, 0) is 39.7 Å². The van der Waals surface area contributed by atoms with Gasteiger partial charge in [-0.25, -0.2) is 9.78 Å². The van der Waals surface area contributed by atoms with Crippen LogP contribution in [-0.2, 0) is 14.3 Å². The van der Waals surface area contributed by atoms with Gasteiger partial charge in [0, 0.05) is 18.7 Å². The van der Waals surface area contributed by atoms with Gasteiger partial charge in [0.2, 0.25) is 11.8 Å². The summed E-state index contributed by atoms with van der Waals surface area (Å²) in [5.74, 6) is -1.03. The molecule has 2 rings (SSSR count). The molecule has 7 nitrogen and oxygen atoms in total. The third kappa shape index (κ3) is 5.05. The fourth-order valence-electron chi connectivity index (χ4n) is 2.03. The highest BCUT2D eigenvalue weighted by Crippen LogP contribution is 2.17. The highest BCUT2D eigenvalue weighted by Gasteiger charge is 2.26. The molecule has 1 aliphatic heterocycles. The summed E-state index contributed by atoms with van der Waals surface area (Å²) >= 11 is 0. The Morgan fingerprint density at radius 3 is 2.65 bits per heavy atom. The van der Waals surface area contributed by atoms with Gasteiger partial charge in [0.15, 0.2) is 6.10 Å². The van der Waals surface area contributed by atoms with Gasteiger partial charge >= 0.3 is 5.97 Å². The van der Waals surface area contributed by atoms with E-state index in [4.69, 9.17) is 9.47 Å². The molecule has 1 saturated heterocycles. The number of esters is 1. The fraction of sp³-hybridized carbons (Fsp3) is 0.500. The predicted octanol–water partition coefficient (Wildman–Crippen LogP) is 1.61. The first-order valence-corrected chi connectivity index (χ1v) is 7.44. The minimum absolute atomic E-state index is 0.215. The number of amides is 2. The lowest BCUT2D eigenvalue weighted by Crippen LogP contribution is -2.39. The molecule has 2 heterocycles. The van der Waals surface area contributed by atoms with E-state index in [-0.39, 0.29) is 11.8 Å². The molecule has 1 atom stereocenters. The number of hydrogen-bond donors (Lipinski definition) is 1. The lowest BCUT2D eigenvalue weighted by atomic mass is 10.2. The van der Waals surface area contributed by atoms with Crippen molar-refractivity contribution >= 4 is 17.8 Å². The van der Waals surface area contributed by atoms with Crippen molar-refractivity contribution in [3.8, 4) is 5.88 Å². The minimum atomic E-state index is -0.763. The highest BCUT2D eigenvalue weighted by atomic mass is 16.6. The molecule has 1 aromatic rings. The summed E-state index contributed by atoms with van der Waals surface area (Å²) in [5.41, 5.74) is -0.287. The average Bonchev–Trinajstić information content (AvgIpc) is 2.59. The lowest BCUT2D eigenvalue weighted by molar-refractivity contribution is -0.133. The summed E-state index contributed by atoms with van der Waals surface area (Å²) in [6.07, 6.45) is 1.88. The molecule has 1 fully saturated rings. The molecule has 0 saturated carbocycles. The predicted molar refractivity (Wildman–Crippen MR) is 80.8 cm³/mol. The number of imide groups is 1. The molecule has 1 unspecified atom stereocenters. The van der Waals surface area contributed by atoms with E-state index in [0.717, 1.165) is 0 Å². The number of aromatic nitrogens is 1. The summed E-state index contributed by atoms with van der Waals surface area (Å²) in [4.78, 5) is 39.0. The SMILES string of the molecule is CC(C)(C)OC(=O)c1ccc(OC2CCCC(=O)NC2=O)nc1. The molecule has 1 N–H and O–H groups in total. The molecule has 1 aliphatic rings. The van der Waals surface area contributed by atoms with Crippen LogP contribution in [0.1, 0.15) is 50.4 Å². The maximum absolute atomic E-state index is 11.9. The van der Waals surface area contributed by atoms with Crippen LogP contribution < -0.4 is 10.1 Å². The molecular formula is C16H20N2O5. The average molecular weight is 320 g/mol. The Bertz CT molecular complexity index is 604. The monoisotopic (exact) mass is 320 g/mol. The van der Waals surface area contributed by atoms with Gasteiger partial charge < -0.3 is 9.47 Å². The van der Waals surface area contributed by atoms with Crippen molar-refractivity contribution < 1.29 is 23.9 Å². The van der Waals surface area contributed by atoms with Gasteiger partial charge in [-0.2, -0.15) is 0 Å². The van der Waals surface area contributed by atoms with Crippen molar-refractivity contribution in [2.45, 2.75) is 51.7 Å². The minimum Gasteiger partial charge on any atom is -0.464 e. The first kappa shape index (κ1) is 16.9. The van der Waals surface area contributed by atoms with E-state index in [1.54, 1.807) is 20.8 Å². The summed E-state index contributed by atoms with van der Waals surface area (Å²) in [6, 6.07) is 3.02. The Morgan fingerprint density at radius 2 is 2.04 bits per heavy atom. The van der Waals surface area contributed by atoms with Crippen LogP contribution in [0.5, 0.6) is 5.88 Å². The first-order valence-electron chi connectivity index (χ1n) is 7.44. The van der Waals surface area contributed by atoms with Gasteiger partial charge in [-0.3, -0.25) is 14.9 Å². The van der Waals surface area contributed by atoms with E-state index in [2.05, 4.69) is 10.3 Å². The van der Waals surface area contributed by atoms with Crippen molar-refractivity contribution in [1.29, 1.82) is 0 Å². The summed E-state index contributed by atoms with van der Waals surface area (Å²) in [5, 5.41) is 2.26. The molecule has 124 valence electrons. The Hall–Kier alpha value is -2.44. The van der Waals surface area contributed by atoms with Crippen LogP contribution in [0.25, 0.3) is 0 Å². The molecule has 7 heteroatoms. The second kappa shape index (κ2) is 6.76. The quantitative estimate of drug-likeness (QED) is 0.671. The maximum Gasteiger partial charge on any atom is 0.340 e. The topological polar surface area (TPSA) is 94.6 Å². The van der Waals surface area contributed by atoms with Gasteiger partial charge in [-0.1, -0.05) is 0 Å². The number of nitrogens with one attached hydrogen (secondary N) is 1. The van der Waals surface area contributed by atoms with Crippen molar-refractivity contribution in [1.82, 2.24) is 10.3 Å². The Kier molecular flexibility index (Phi) is 4.98. The van der Waals surface area contributed by atoms with Gasteiger partial charge in [0.25, 0.3) is 5.91 Å². The van der Waals surface area contributed by atoms with Crippen LogP contribution in [0.2, 0.25) is 0 Å². The molecule has 0 aromatic carbocycles. The number of rotatable bonds is 3. The van der Waals surface area contributed by atoms with Gasteiger partial charge in [0.05, 0.1) is 5.56 Å². The Labute approximate surface area is 134 Å². The van der Waals surface area contributed by atoms with E-state index >= 15 is 0 Å². The van der Waals surface area contributed by atoms with Crippen LogP contribution >= 0.6 is 0 Å². The summed E-state index contributed by atoms with van der Waals surface area (Å²) in [6.45, 7) is 5.34. The normalized spacial score (nSPS) is 18.8. The summed E-state index contributed by atoms with van der Waals surface area (Å²) in [7, 11) is 0. The summed E-state index contributed by atoms with van der Waals surface area (Å²) < 4.78 is 10.7. The molecule has 23 heavy (non-hydrogen) atoms. The molecule has 0 aliphatic carbocycles. The molecule has 2 amide bonds. The van der Waals surface area contributed by atoms with E-state index in [9.17, 15) is 14.4 Å². The van der Waals surface area contributed by atoms with E-state index in [1.165, 1.54) is 18.3 Å². The number of carbonyl (C=O) groups is 3. The van der Waals surface area contributed by atoms with Crippen LogP contribution in [0, 0.1) is 0 Å². The number of carbonyl (C=O) groups excluding carboxylic acids is 3. The third-order valence-corrected chi connectivity index (χ3v) is 3.06. The number of nitrogens with zero attached hydrogens (tertiary/aromatic N) is 1. The van der Waals surface area contributed by atoms with E-state index in [0.29, 0.717) is 24.8 Å². The second-order valence-corrected chi connectivity index (χ2v) is 6.30. The fourth-order valence-corrected chi connectivity index (χ4v) is 2.03. The largest absolute Gasteiger partial charge is 0.464 e. The zero-order valence-corrected chi connectivity index (χ0v) is 13.4. The molecule has 0 bridgehead atoms. The number of hydrogen-bond acceptors (Lipinski definition) is 6. The van der Waals surface area contributed by atoms with Crippen molar-refractivity contribution in [3.05, 3.63) is 23.9 Å².